The van der Waals surface area contributed by atoms with Crippen LogP contribution in [0.25, 0.3) is 33.1 Å². The Morgan fingerprint density at radius 3 is 2.17 bits per heavy atom. The molecular formula is C38H26ClNO. The van der Waals surface area contributed by atoms with Crippen LogP contribution in [0.2, 0.25) is 5.02 Å². The second-order valence-electron chi connectivity index (χ2n) is 10.8. The molecule has 0 amide bonds. The van der Waals surface area contributed by atoms with E-state index in [1.165, 1.54) is 27.8 Å². The zero-order valence-electron chi connectivity index (χ0n) is 22.5. The Morgan fingerprint density at radius 2 is 1.29 bits per heavy atom. The fraction of sp³-hybridized carbons (Fsp3) is 0.0526. The number of para-hydroxylation sites is 1. The molecule has 1 aromatic heterocycles. The highest BCUT2D eigenvalue weighted by Crippen LogP contribution is 2.54. The minimum absolute atomic E-state index is 0.294. The molecule has 8 rings (SSSR count). The topological polar surface area (TPSA) is 16.4 Å². The molecule has 2 nitrogen and oxygen atoms in total. The molecule has 41 heavy (non-hydrogen) atoms. The van der Waals surface area contributed by atoms with Crippen LogP contribution in [0.1, 0.15) is 23.6 Å². The number of hydrogen-bond acceptors (Lipinski definition) is 2. The van der Waals surface area contributed by atoms with E-state index in [9.17, 15) is 0 Å². The van der Waals surface area contributed by atoms with Gasteiger partial charge in [0.2, 0.25) is 0 Å². The van der Waals surface area contributed by atoms with Gasteiger partial charge >= 0.3 is 0 Å². The predicted octanol–water partition coefficient (Wildman–Crippen LogP) is 11.0. The van der Waals surface area contributed by atoms with Crippen LogP contribution in [-0.4, -0.2) is 0 Å². The van der Waals surface area contributed by atoms with Crippen LogP contribution in [0.4, 0.5) is 17.1 Å². The van der Waals surface area contributed by atoms with E-state index in [0.717, 1.165) is 39.0 Å². The molecule has 1 aliphatic carbocycles. The van der Waals surface area contributed by atoms with Crippen molar-refractivity contribution < 1.29 is 4.42 Å². The van der Waals surface area contributed by atoms with Crippen LogP contribution < -0.4 is 4.90 Å². The first kappa shape index (κ1) is 24.0. The predicted molar refractivity (Wildman–Crippen MR) is 171 cm³/mol. The van der Waals surface area contributed by atoms with E-state index in [2.05, 4.69) is 115 Å². The van der Waals surface area contributed by atoms with Gasteiger partial charge in [-0.25, -0.2) is 0 Å². The van der Waals surface area contributed by atoms with Crippen molar-refractivity contribution in [2.45, 2.75) is 12.3 Å². The van der Waals surface area contributed by atoms with Crippen molar-refractivity contribution in [2.75, 3.05) is 4.90 Å². The second-order valence-corrected chi connectivity index (χ2v) is 11.3. The standard InChI is InChI=1S/C38H26ClNO/c1-38(25-11-3-2-4-12-25)32-17-7-5-15-29(32)30-22-21-28(24-33(30)38)40(27-14-9-13-26(39)23-27)34-18-10-20-36-37(34)31-16-6-8-19-35(31)41-36/h2-24H,1H3. The third-order valence-electron chi connectivity index (χ3n) is 8.59. The summed E-state index contributed by atoms with van der Waals surface area (Å²) in [6.07, 6.45) is 0. The maximum Gasteiger partial charge on any atom is 0.137 e. The average Bonchev–Trinajstić information content (AvgIpc) is 3.52. The van der Waals surface area contributed by atoms with Crippen molar-refractivity contribution in [3.8, 4) is 11.1 Å². The first-order valence-corrected chi connectivity index (χ1v) is 14.3. The molecule has 0 N–H and O–H groups in total. The molecule has 1 aliphatic rings. The molecule has 1 atom stereocenters. The van der Waals surface area contributed by atoms with Crippen LogP contribution in [-0.2, 0) is 5.41 Å². The molecule has 0 aliphatic heterocycles. The molecule has 1 heterocycles. The Labute approximate surface area is 244 Å². The highest BCUT2D eigenvalue weighted by molar-refractivity contribution is 6.31. The maximum absolute atomic E-state index is 6.59. The summed E-state index contributed by atoms with van der Waals surface area (Å²) in [5, 5.41) is 2.87. The fourth-order valence-corrected chi connectivity index (χ4v) is 6.87. The smallest absolute Gasteiger partial charge is 0.137 e. The van der Waals surface area contributed by atoms with E-state index in [1.54, 1.807) is 0 Å². The fourth-order valence-electron chi connectivity index (χ4n) is 6.69. The molecule has 196 valence electrons. The number of halogens is 1. The van der Waals surface area contributed by atoms with Crippen LogP contribution in [0.15, 0.2) is 144 Å². The number of fused-ring (bicyclic) bond motifs is 6. The first-order chi connectivity index (χ1) is 20.1. The molecule has 0 bridgehead atoms. The number of hydrogen-bond donors (Lipinski definition) is 0. The van der Waals surface area contributed by atoms with Gasteiger partial charge in [0, 0.05) is 27.2 Å². The third-order valence-corrected chi connectivity index (χ3v) is 8.83. The lowest BCUT2D eigenvalue weighted by Gasteiger charge is -2.31. The summed E-state index contributed by atoms with van der Waals surface area (Å²) < 4.78 is 6.29. The van der Waals surface area contributed by atoms with Crippen molar-refractivity contribution >= 4 is 50.6 Å². The van der Waals surface area contributed by atoms with Crippen molar-refractivity contribution in [2.24, 2.45) is 0 Å². The Morgan fingerprint density at radius 1 is 0.585 bits per heavy atom. The highest BCUT2D eigenvalue weighted by atomic mass is 35.5. The second kappa shape index (κ2) is 9.12. The van der Waals surface area contributed by atoms with E-state index < -0.39 is 0 Å². The molecule has 3 heteroatoms. The molecule has 1 unspecified atom stereocenters. The molecule has 7 aromatic rings. The molecule has 0 radical (unpaired) electrons. The summed E-state index contributed by atoms with van der Waals surface area (Å²) in [5.74, 6) is 0. The van der Waals surface area contributed by atoms with Gasteiger partial charge in [0.05, 0.1) is 11.1 Å². The molecule has 0 saturated carbocycles. The average molecular weight is 548 g/mol. The highest BCUT2D eigenvalue weighted by Gasteiger charge is 2.41. The van der Waals surface area contributed by atoms with Gasteiger partial charge in [0.15, 0.2) is 0 Å². The van der Waals surface area contributed by atoms with E-state index in [0.29, 0.717) is 5.02 Å². The number of benzene rings is 6. The minimum atomic E-state index is -0.294. The minimum Gasteiger partial charge on any atom is -0.456 e. The van der Waals surface area contributed by atoms with Gasteiger partial charge in [-0.3, -0.25) is 0 Å². The third kappa shape index (κ3) is 3.58. The van der Waals surface area contributed by atoms with E-state index >= 15 is 0 Å². The van der Waals surface area contributed by atoms with Gasteiger partial charge in [-0.1, -0.05) is 103 Å². The number of nitrogens with zero attached hydrogens (tertiary/aromatic N) is 1. The molecular weight excluding hydrogens is 522 g/mol. The summed E-state index contributed by atoms with van der Waals surface area (Å²) in [6.45, 7) is 2.35. The zero-order chi connectivity index (χ0) is 27.6. The first-order valence-electron chi connectivity index (χ1n) is 13.9. The number of anilines is 3. The van der Waals surface area contributed by atoms with Gasteiger partial charge in [0.25, 0.3) is 0 Å². The SMILES string of the molecule is CC1(c2ccccc2)c2ccccc2-c2ccc(N(c3cccc(Cl)c3)c3cccc4oc5ccccc5c34)cc21. The summed E-state index contributed by atoms with van der Waals surface area (Å²) in [6, 6.07) is 49.1. The van der Waals surface area contributed by atoms with Crippen LogP contribution in [0.5, 0.6) is 0 Å². The van der Waals surface area contributed by atoms with Gasteiger partial charge in [-0.2, -0.15) is 0 Å². The van der Waals surface area contributed by atoms with E-state index in [4.69, 9.17) is 16.0 Å². The maximum atomic E-state index is 6.59. The quantitative estimate of drug-likeness (QED) is 0.218. The summed E-state index contributed by atoms with van der Waals surface area (Å²) in [5.41, 5.74) is 11.0. The molecule has 0 fully saturated rings. The normalized spacial score (nSPS) is 15.7. The van der Waals surface area contributed by atoms with Gasteiger partial charge in [-0.05, 0) is 83.3 Å². The molecule has 0 saturated heterocycles. The van der Waals surface area contributed by atoms with Crippen LogP contribution in [0.3, 0.4) is 0 Å². The van der Waals surface area contributed by atoms with Gasteiger partial charge in [0.1, 0.15) is 11.2 Å². The van der Waals surface area contributed by atoms with Gasteiger partial charge < -0.3 is 9.32 Å². The van der Waals surface area contributed by atoms with Crippen molar-refractivity contribution in [3.05, 3.63) is 161 Å². The van der Waals surface area contributed by atoms with Crippen molar-refractivity contribution in [1.82, 2.24) is 0 Å². The summed E-state index contributed by atoms with van der Waals surface area (Å²) >= 11 is 6.59. The number of rotatable bonds is 4. The lowest BCUT2D eigenvalue weighted by atomic mass is 9.74. The van der Waals surface area contributed by atoms with E-state index in [1.807, 2.05) is 36.4 Å². The van der Waals surface area contributed by atoms with Crippen LogP contribution >= 0.6 is 11.6 Å². The van der Waals surface area contributed by atoms with Crippen molar-refractivity contribution in [1.29, 1.82) is 0 Å². The Balaban J connectivity index is 1.42. The van der Waals surface area contributed by atoms with Crippen LogP contribution in [0, 0.1) is 0 Å². The molecule has 6 aromatic carbocycles. The van der Waals surface area contributed by atoms with Crippen molar-refractivity contribution in [3.63, 3.8) is 0 Å². The lowest BCUT2D eigenvalue weighted by Crippen LogP contribution is -2.22. The number of furan rings is 1. The lowest BCUT2D eigenvalue weighted by molar-refractivity contribution is 0.669. The Kier molecular flexibility index (Phi) is 5.35. The zero-order valence-corrected chi connectivity index (χ0v) is 23.3. The van der Waals surface area contributed by atoms with E-state index in [-0.39, 0.29) is 5.41 Å². The largest absolute Gasteiger partial charge is 0.456 e. The van der Waals surface area contributed by atoms with Gasteiger partial charge in [-0.15, -0.1) is 0 Å². The Hall–Kier alpha value is -4.79. The molecule has 0 spiro atoms. The summed E-state index contributed by atoms with van der Waals surface area (Å²) in [4.78, 5) is 2.31. The summed E-state index contributed by atoms with van der Waals surface area (Å²) in [7, 11) is 0. The Bertz CT molecular complexity index is 2090. The monoisotopic (exact) mass is 547 g/mol.